The van der Waals surface area contributed by atoms with Gasteiger partial charge in [-0.1, -0.05) is 42.2 Å². The number of carbonyl (C=O) groups excluding carboxylic acids is 1. The highest BCUT2D eigenvalue weighted by molar-refractivity contribution is 7.15. The molecular formula is C20H23ClN4OS. The first-order chi connectivity index (χ1) is 13.1. The zero-order valence-electron chi connectivity index (χ0n) is 15.6. The van der Waals surface area contributed by atoms with Crippen LogP contribution in [0.2, 0.25) is 5.02 Å². The van der Waals surface area contributed by atoms with Gasteiger partial charge < -0.3 is 4.57 Å². The normalized spacial score (nSPS) is 15.4. The van der Waals surface area contributed by atoms with Crippen molar-refractivity contribution in [2.75, 3.05) is 5.32 Å². The van der Waals surface area contributed by atoms with Crippen LogP contribution >= 0.6 is 22.9 Å². The zero-order chi connectivity index (χ0) is 19.0. The van der Waals surface area contributed by atoms with E-state index in [2.05, 4.69) is 15.5 Å². The minimum absolute atomic E-state index is 0.145. The third-order valence-corrected chi connectivity index (χ3v) is 6.66. The first-order valence-corrected chi connectivity index (χ1v) is 10.7. The molecule has 2 aromatic heterocycles. The molecule has 0 saturated heterocycles. The van der Waals surface area contributed by atoms with E-state index in [1.54, 1.807) is 0 Å². The van der Waals surface area contributed by atoms with Crippen LogP contribution in [0, 0.1) is 6.92 Å². The summed E-state index contributed by atoms with van der Waals surface area (Å²) in [5.74, 6) is 0.348. The predicted octanol–water partition coefficient (Wildman–Crippen LogP) is 5.77. The van der Waals surface area contributed by atoms with Gasteiger partial charge >= 0.3 is 0 Å². The third-order valence-electron chi connectivity index (χ3n) is 5.43. The van der Waals surface area contributed by atoms with Crippen molar-refractivity contribution in [3.8, 4) is 0 Å². The lowest BCUT2D eigenvalue weighted by Crippen LogP contribution is -2.17. The average molecular weight is 403 g/mol. The van der Waals surface area contributed by atoms with Gasteiger partial charge in [0.1, 0.15) is 10.7 Å². The molecule has 1 saturated carbocycles. The molecule has 2 heterocycles. The fourth-order valence-corrected chi connectivity index (χ4v) is 5.15. The first kappa shape index (κ1) is 18.4. The number of carbonyl (C=O) groups is 1. The number of anilines is 1. The van der Waals surface area contributed by atoms with Crippen LogP contribution < -0.4 is 5.32 Å². The van der Waals surface area contributed by atoms with Gasteiger partial charge in [-0.3, -0.25) is 10.1 Å². The van der Waals surface area contributed by atoms with Gasteiger partial charge in [0.05, 0.1) is 0 Å². The second-order valence-corrected chi connectivity index (χ2v) is 8.56. The van der Waals surface area contributed by atoms with Crippen molar-refractivity contribution in [3.05, 3.63) is 39.5 Å². The fraction of sp³-hybridized carbons (Fsp3) is 0.450. The van der Waals surface area contributed by atoms with E-state index in [0.29, 0.717) is 28.3 Å². The van der Waals surface area contributed by atoms with Crippen molar-refractivity contribution in [1.82, 2.24) is 14.8 Å². The Bertz CT molecular complexity index is 987. The Hall–Kier alpha value is -1.92. The van der Waals surface area contributed by atoms with Crippen LogP contribution in [0.3, 0.4) is 0 Å². The van der Waals surface area contributed by atoms with Gasteiger partial charge in [0.15, 0.2) is 0 Å². The van der Waals surface area contributed by atoms with Crippen molar-refractivity contribution >= 4 is 44.9 Å². The fourth-order valence-electron chi connectivity index (χ4n) is 4.07. The second-order valence-electron chi connectivity index (χ2n) is 7.11. The third kappa shape index (κ3) is 3.48. The Morgan fingerprint density at radius 2 is 2.07 bits per heavy atom. The topological polar surface area (TPSA) is 59.8 Å². The van der Waals surface area contributed by atoms with Crippen LogP contribution in [-0.4, -0.2) is 20.7 Å². The molecule has 0 spiro atoms. The number of rotatable bonds is 4. The molecule has 0 radical (unpaired) electrons. The highest BCUT2D eigenvalue weighted by Crippen LogP contribution is 2.35. The van der Waals surface area contributed by atoms with Gasteiger partial charge in [0.2, 0.25) is 5.13 Å². The molecule has 4 rings (SSSR count). The number of nitrogens with zero attached hydrogens (tertiary/aromatic N) is 3. The molecule has 1 aromatic carbocycles. The van der Waals surface area contributed by atoms with Crippen molar-refractivity contribution in [1.29, 1.82) is 0 Å². The smallest absolute Gasteiger partial charge is 0.274 e. The number of aryl methyl sites for hydroxylation is 2. The maximum absolute atomic E-state index is 13.0. The molecule has 1 aliphatic carbocycles. The van der Waals surface area contributed by atoms with E-state index in [1.165, 1.54) is 43.4 Å². The lowest BCUT2D eigenvalue weighted by molar-refractivity contribution is 0.101. The SMILES string of the molecule is CCn1c(C(=O)Nc2nnc(C3CCCCC3)s2)c(C)c2cc(Cl)ccc21. The molecule has 1 amide bonds. The lowest BCUT2D eigenvalue weighted by atomic mass is 9.90. The summed E-state index contributed by atoms with van der Waals surface area (Å²) in [6, 6.07) is 5.75. The van der Waals surface area contributed by atoms with E-state index >= 15 is 0 Å². The number of benzene rings is 1. The summed E-state index contributed by atoms with van der Waals surface area (Å²) in [7, 11) is 0. The molecule has 0 aliphatic heterocycles. The monoisotopic (exact) mass is 402 g/mol. The van der Waals surface area contributed by atoms with E-state index in [1.807, 2.05) is 36.6 Å². The average Bonchev–Trinajstić information content (AvgIpc) is 3.25. The highest BCUT2D eigenvalue weighted by atomic mass is 35.5. The molecule has 0 unspecified atom stereocenters. The van der Waals surface area contributed by atoms with E-state index in [9.17, 15) is 4.79 Å². The van der Waals surface area contributed by atoms with E-state index in [4.69, 9.17) is 11.6 Å². The summed E-state index contributed by atoms with van der Waals surface area (Å²) in [6.07, 6.45) is 6.16. The first-order valence-electron chi connectivity index (χ1n) is 9.51. The number of hydrogen-bond acceptors (Lipinski definition) is 4. The Morgan fingerprint density at radius 3 is 2.81 bits per heavy atom. The maximum atomic E-state index is 13.0. The molecule has 1 N–H and O–H groups in total. The summed E-state index contributed by atoms with van der Waals surface area (Å²) in [5, 5.41) is 14.8. The van der Waals surface area contributed by atoms with Crippen LogP contribution in [0.4, 0.5) is 5.13 Å². The minimum atomic E-state index is -0.145. The van der Waals surface area contributed by atoms with Gasteiger partial charge in [-0.15, -0.1) is 10.2 Å². The molecule has 1 aliphatic rings. The summed E-state index contributed by atoms with van der Waals surface area (Å²) >= 11 is 7.66. The van der Waals surface area contributed by atoms with Crippen molar-refractivity contribution in [2.45, 2.75) is 58.4 Å². The Balaban J connectivity index is 1.62. The summed E-state index contributed by atoms with van der Waals surface area (Å²) in [4.78, 5) is 13.0. The lowest BCUT2D eigenvalue weighted by Gasteiger charge is -2.18. The number of halogens is 1. The molecule has 3 aromatic rings. The second kappa shape index (κ2) is 7.60. The number of amides is 1. The van der Waals surface area contributed by atoms with Crippen molar-refractivity contribution < 1.29 is 4.79 Å². The van der Waals surface area contributed by atoms with E-state index in [0.717, 1.165) is 21.5 Å². The molecule has 27 heavy (non-hydrogen) atoms. The highest BCUT2D eigenvalue weighted by Gasteiger charge is 2.23. The van der Waals surface area contributed by atoms with Gasteiger partial charge in [-0.2, -0.15) is 0 Å². The summed E-state index contributed by atoms with van der Waals surface area (Å²) in [5.41, 5.74) is 2.61. The standard InChI is InChI=1S/C20H23ClN4OS/c1-3-25-16-10-9-14(21)11-15(16)12(2)17(25)18(26)22-20-24-23-19(27-20)13-7-5-4-6-8-13/h9-11,13H,3-8H2,1-2H3,(H,22,24,26). The molecule has 1 fully saturated rings. The molecule has 7 heteroatoms. The summed E-state index contributed by atoms with van der Waals surface area (Å²) in [6.45, 7) is 4.71. The van der Waals surface area contributed by atoms with Gasteiger partial charge in [-0.25, -0.2) is 0 Å². The summed E-state index contributed by atoms with van der Waals surface area (Å²) < 4.78 is 2.03. The molecular weight excluding hydrogens is 380 g/mol. The molecule has 0 bridgehead atoms. The van der Waals surface area contributed by atoms with E-state index in [-0.39, 0.29) is 5.91 Å². The largest absolute Gasteiger partial charge is 0.337 e. The number of nitrogens with one attached hydrogen (secondary N) is 1. The Morgan fingerprint density at radius 1 is 1.30 bits per heavy atom. The molecule has 142 valence electrons. The number of fused-ring (bicyclic) bond motifs is 1. The number of hydrogen-bond donors (Lipinski definition) is 1. The molecule has 0 atom stereocenters. The Kier molecular flexibility index (Phi) is 5.19. The minimum Gasteiger partial charge on any atom is -0.337 e. The predicted molar refractivity (Wildman–Crippen MR) is 111 cm³/mol. The number of aromatic nitrogens is 3. The van der Waals surface area contributed by atoms with Crippen LogP contribution in [0.5, 0.6) is 0 Å². The van der Waals surface area contributed by atoms with Crippen LogP contribution in [0.25, 0.3) is 10.9 Å². The van der Waals surface area contributed by atoms with Crippen LogP contribution in [0.15, 0.2) is 18.2 Å². The van der Waals surface area contributed by atoms with Gasteiger partial charge in [-0.05, 0) is 50.5 Å². The van der Waals surface area contributed by atoms with Gasteiger partial charge in [0.25, 0.3) is 5.91 Å². The zero-order valence-corrected chi connectivity index (χ0v) is 17.2. The van der Waals surface area contributed by atoms with Crippen molar-refractivity contribution in [2.24, 2.45) is 0 Å². The Labute approximate surface area is 167 Å². The van der Waals surface area contributed by atoms with Crippen LogP contribution in [-0.2, 0) is 6.54 Å². The quantitative estimate of drug-likeness (QED) is 0.602. The molecule has 5 nitrogen and oxygen atoms in total. The van der Waals surface area contributed by atoms with E-state index < -0.39 is 0 Å². The maximum Gasteiger partial charge on any atom is 0.274 e. The van der Waals surface area contributed by atoms with Gasteiger partial charge in [0, 0.05) is 28.4 Å². The van der Waals surface area contributed by atoms with Crippen molar-refractivity contribution in [3.63, 3.8) is 0 Å². The van der Waals surface area contributed by atoms with Crippen LogP contribution in [0.1, 0.15) is 66.0 Å².